The summed E-state index contributed by atoms with van der Waals surface area (Å²) in [6.07, 6.45) is 0.0380. The third kappa shape index (κ3) is 4.46. The molecule has 0 saturated heterocycles. The van der Waals surface area contributed by atoms with E-state index < -0.39 is 17.9 Å². The Morgan fingerprint density at radius 2 is 1.90 bits per heavy atom. The molecule has 0 aliphatic carbocycles. The number of benzene rings is 2. The van der Waals surface area contributed by atoms with Crippen molar-refractivity contribution in [2.75, 3.05) is 11.5 Å². The van der Waals surface area contributed by atoms with Crippen LogP contribution in [0.25, 0.3) is 0 Å². The van der Waals surface area contributed by atoms with Crippen LogP contribution in [0.3, 0.4) is 0 Å². The molecule has 0 radical (unpaired) electrons. The lowest BCUT2D eigenvalue weighted by Crippen LogP contribution is -2.38. The van der Waals surface area contributed by atoms with Crippen LogP contribution in [-0.2, 0) is 19.1 Å². The minimum Gasteiger partial charge on any atom is -0.463 e. The number of nitrogens with zero attached hydrogens (tertiary/aromatic N) is 1. The predicted octanol–water partition coefficient (Wildman–Crippen LogP) is 4.73. The van der Waals surface area contributed by atoms with E-state index in [0.29, 0.717) is 28.3 Å². The number of anilines is 1. The van der Waals surface area contributed by atoms with Gasteiger partial charge in [0.1, 0.15) is 5.75 Å². The Labute approximate surface area is 183 Å². The molecule has 2 aromatic rings. The Hall–Kier alpha value is -2.93. The molecule has 0 N–H and O–H groups in total. The van der Waals surface area contributed by atoms with E-state index in [1.54, 1.807) is 38.1 Å². The van der Waals surface area contributed by atoms with Crippen molar-refractivity contribution < 1.29 is 23.9 Å². The maximum Gasteiger partial charge on any atom is 0.336 e. The maximum atomic E-state index is 13.2. The number of halogens is 1. The van der Waals surface area contributed by atoms with E-state index in [1.807, 2.05) is 24.3 Å². The molecular formula is C23H22BrNO5. The smallest absolute Gasteiger partial charge is 0.336 e. The van der Waals surface area contributed by atoms with Gasteiger partial charge in [0.2, 0.25) is 5.91 Å². The molecule has 156 valence electrons. The highest BCUT2D eigenvalue weighted by Gasteiger charge is 2.38. The van der Waals surface area contributed by atoms with E-state index in [4.69, 9.17) is 9.47 Å². The lowest BCUT2D eigenvalue weighted by molar-refractivity contribution is -0.139. The number of para-hydroxylation sites is 1. The Morgan fingerprint density at radius 3 is 2.57 bits per heavy atom. The van der Waals surface area contributed by atoms with E-state index in [0.717, 1.165) is 4.47 Å². The van der Waals surface area contributed by atoms with Gasteiger partial charge in [-0.05, 0) is 38.1 Å². The van der Waals surface area contributed by atoms with Crippen LogP contribution in [0, 0.1) is 0 Å². The van der Waals surface area contributed by atoms with E-state index in [9.17, 15) is 14.4 Å². The molecule has 0 aromatic heterocycles. The SMILES string of the molecule is CCOC(=O)C1=C(C)N(c2cccc(Br)c2)C(=O)CC1c1ccccc1OC(C)=O. The number of amides is 1. The Balaban J connectivity index is 2.17. The maximum absolute atomic E-state index is 13.2. The average molecular weight is 472 g/mol. The van der Waals surface area contributed by atoms with Crippen molar-refractivity contribution >= 4 is 39.5 Å². The van der Waals surface area contributed by atoms with Crippen LogP contribution in [0.2, 0.25) is 0 Å². The first-order valence-corrected chi connectivity index (χ1v) is 10.4. The van der Waals surface area contributed by atoms with Crippen molar-refractivity contribution in [1.29, 1.82) is 0 Å². The van der Waals surface area contributed by atoms with Crippen LogP contribution in [0.15, 0.2) is 64.3 Å². The molecule has 1 heterocycles. The highest BCUT2D eigenvalue weighted by Crippen LogP contribution is 2.42. The summed E-state index contributed by atoms with van der Waals surface area (Å²) in [5.41, 5.74) is 2.11. The monoisotopic (exact) mass is 471 g/mol. The topological polar surface area (TPSA) is 72.9 Å². The van der Waals surface area contributed by atoms with Crippen molar-refractivity contribution in [1.82, 2.24) is 0 Å². The van der Waals surface area contributed by atoms with Crippen LogP contribution in [0.4, 0.5) is 5.69 Å². The summed E-state index contributed by atoms with van der Waals surface area (Å²) in [4.78, 5) is 39.2. The molecule has 1 aliphatic heterocycles. The first-order chi connectivity index (χ1) is 14.3. The number of hydrogen-bond acceptors (Lipinski definition) is 5. The number of ether oxygens (including phenoxy) is 2. The van der Waals surface area contributed by atoms with Gasteiger partial charge in [-0.25, -0.2) is 4.79 Å². The predicted molar refractivity (Wildman–Crippen MR) is 116 cm³/mol. The molecule has 6 nitrogen and oxygen atoms in total. The van der Waals surface area contributed by atoms with Crippen molar-refractivity contribution in [3.05, 3.63) is 69.8 Å². The van der Waals surface area contributed by atoms with Gasteiger partial charge in [0.05, 0.1) is 12.2 Å². The summed E-state index contributed by atoms with van der Waals surface area (Å²) in [5, 5.41) is 0. The molecule has 0 bridgehead atoms. The van der Waals surface area contributed by atoms with Gasteiger partial charge in [0, 0.05) is 40.7 Å². The Bertz CT molecular complexity index is 1030. The normalized spacial score (nSPS) is 16.5. The summed E-state index contributed by atoms with van der Waals surface area (Å²) >= 11 is 3.42. The van der Waals surface area contributed by atoms with E-state index in [-0.39, 0.29) is 18.9 Å². The lowest BCUT2D eigenvalue weighted by atomic mass is 9.83. The van der Waals surface area contributed by atoms with Crippen molar-refractivity contribution in [3.8, 4) is 5.75 Å². The zero-order chi connectivity index (χ0) is 21.8. The van der Waals surface area contributed by atoms with Gasteiger partial charge in [0.15, 0.2) is 0 Å². The molecule has 1 aliphatic rings. The van der Waals surface area contributed by atoms with E-state index in [1.165, 1.54) is 11.8 Å². The van der Waals surface area contributed by atoms with Gasteiger partial charge in [-0.15, -0.1) is 0 Å². The summed E-state index contributed by atoms with van der Waals surface area (Å²) in [6.45, 7) is 4.98. The van der Waals surface area contributed by atoms with Crippen molar-refractivity contribution in [2.24, 2.45) is 0 Å². The lowest BCUT2D eigenvalue weighted by Gasteiger charge is -2.35. The molecule has 0 spiro atoms. The number of esters is 2. The largest absolute Gasteiger partial charge is 0.463 e. The van der Waals surface area contributed by atoms with E-state index >= 15 is 0 Å². The van der Waals surface area contributed by atoms with Crippen molar-refractivity contribution in [2.45, 2.75) is 33.1 Å². The fourth-order valence-corrected chi connectivity index (χ4v) is 4.05. The first kappa shape index (κ1) is 21.8. The second-order valence-corrected chi connectivity index (χ2v) is 7.73. The van der Waals surface area contributed by atoms with Gasteiger partial charge in [-0.3, -0.25) is 14.5 Å². The van der Waals surface area contributed by atoms with Crippen LogP contribution in [-0.4, -0.2) is 24.5 Å². The molecule has 2 aromatic carbocycles. The zero-order valence-electron chi connectivity index (χ0n) is 17.0. The zero-order valence-corrected chi connectivity index (χ0v) is 18.6. The van der Waals surface area contributed by atoms with Crippen LogP contribution < -0.4 is 9.64 Å². The van der Waals surface area contributed by atoms with Gasteiger partial charge in [-0.1, -0.05) is 40.2 Å². The van der Waals surface area contributed by atoms with Gasteiger partial charge in [-0.2, -0.15) is 0 Å². The number of carbonyl (C=O) groups is 3. The number of allylic oxidation sites excluding steroid dienone is 1. The number of hydrogen-bond donors (Lipinski definition) is 0. The molecule has 1 atom stereocenters. The second kappa shape index (κ2) is 9.26. The van der Waals surface area contributed by atoms with Gasteiger partial charge in [0.25, 0.3) is 0 Å². The van der Waals surface area contributed by atoms with Crippen molar-refractivity contribution in [3.63, 3.8) is 0 Å². The second-order valence-electron chi connectivity index (χ2n) is 6.82. The van der Waals surface area contributed by atoms with Crippen LogP contribution in [0.5, 0.6) is 5.75 Å². The highest BCUT2D eigenvalue weighted by atomic mass is 79.9. The minimum absolute atomic E-state index is 0.0380. The minimum atomic E-state index is -0.587. The molecule has 1 unspecified atom stereocenters. The van der Waals surface area contributed by atoms with Crippen LogP contribution in [0.1, 0.15) is 38.7 Å². The molecule has 0 saturated carbocycles. The Morgan fingerprint density at radius 1 is 1.17 bits per heavy atom. The molecule has 30 heavy (non-hydrogen) atoms. The summed E-state index contributed by atoms with van der Waals surface area (Å²) in [7, 11) is 0. The third-order valence-corrected chi connectivity index (χ3v) is 5.30. The van der Waals surface area contributed by atoms with Crippen LogP contribution >= 0.6 is 15.9 Å². The molecule has 0 fully saturated rings. The fraction of sp³-hybridized carbons (Fsp3) is 0.261. The Kier molecular flexibility index (Phi) is 6.72. The number of rotatable bonds is 5. The fourth-order valence-electron chi connectivity index (χ4n) is 3.66. The third-order valence-electron chi connectivity index (χ3n) is 4.81. The quantitative estimate of drug-likeness (QED) is 0.465. The molecule has 1 amide bonds. The highest BCUT2D eigenvalue weighted by molar-refractivity contribution is 9.10. The standard InChI is InChI=1S/C23H22BrNO5/c1-4-29-23(28)22-14(2)25(17-9-7-8-16(24)12-17)21(27)13-19(22)18-10-5-6-11-20(18)30-15(3)26/h5-12,19H,4,13H2,1-3H3. The average Bonchev–Trinajstić information content (AvgIpc) is 2.67. The van der Waals surface area contributed by atoms with Gasteiger partial charge >= 0.3 is 11.9 Å². The summed E-state index contributed by atoms with van der Waals surface area (Å²) in [6, 6.07) is 14.2. The van der Waals surface area contributed by atoms with E-state index in [2.05, 4.69) is 15.9 Å². The molecule has 7 heteroatoms. The first-order valence-electron chi connectivity index (χ1n) is 9.57. The van der Waals surface area contributed by atoms with Gasteiger partial charge < -0.3 is 9.47 Å². The number of carbonyl (C=O) groups excluding carboxylic acids is 3. The summed E-state index contributed by atoms with van der Waals surface area (Å²) in [5.74, 6) is -1.39. The molecule has 3 rings (SSSR count). The summed E-state index contributed by atoms with van der Waals surface area (Å²) < 4.78 is 11.5. The molecular weight excluding hydrogens is 450 g/mol.